The van der Waals surface area contributed by atoms with E-state index in [1.807, 2.05) is 18.3 Å². The number of aromatic amines is 1. The van der Waals surface area contributed by atoms with Gasteiger partial charge in [0, 0.05) is 36.8 Å². The van der Waals surface area contributed by atoms with Crippen LogP contribution in [-0.4, -0.2) is 58.7 Å². The van der Waals surface area contributed by atoms with Crippen LogP contribution in [0.2, 0.25) is 0 Å². The van der Waals surface area contributed by atoms with Gasteiger partial charge in [-0.2, -0.15) is 13.2 Å². The number of amides is 1. The molecule has 0 unspecified atom stereocenters. The van der Waals surface area contributed by atoms with Crippen molar-refractivity contribution >= 4 is 27.0 Å². The Morgan fingerprint density at radius 2 is 1.91 bits per heavy atom. The molecule has 2 saturated carbocycles. The summed E-state index contributed by atoms with van der Waals surface area (Å²) in [6.07, 6.45) is 0.496. The Bertz CT molecular complexity index is 1130. The highest BCUT2D eigenvalue weighted by molar-refractivity contribution is 7.89. The molecule has 0 bridgehead atoms. The minimum Gasteiger partial charge on any atom is -0.346 e. The fraction of sp³-hybridized carbons (Fsp3) is 0.619. The van der Waals surface area contributed by atoms with Crippen LogP contribution in [0.5, 0.6) is 0 Å². The van der Waals surface area contributed by atoms with Crippen molar-refractivity contribution in [2.24, 2.45) is 5.92 Å². The highest BCUT2D eigenvalue weighted by atomic mass is 32.2. The molecule has 2 aliphatic carbocycles. The fourth-order valence-corrected chi connectivity index (χ4v) is 7.00. The average Bonchev–Trinajstić information content (AvgIpc) is 3.37. The molecule has 7 nitrogen and oxygen atoms in total. The van der Waals surface area contributed by atoms with Crippen molar-refractivity contribution in [3.63, 3.8) is 0 Å². The molecule has 11 heteroatoms. The number of hydrogen-bond acceptors (Lipinski definition) is 4. The second-order valence-electron chi connectivity index (χ2n) is 9.22. The molecule has 0 spiro atoms. The number of rotatable bonds is 5. The number of pyridine rings is 1. The Morgan fingerprint density at radius 1 is 1.22 bits per heavy atom. The Hall–Kier alpha value is -2.14. The summed E-state index contributed by atoms with van der Waals surface area (Å²) in [6, 6.07) is 3.88. The van der Waals surface area contributed by atoms with E-state index >= 15 is 0 Å². The zero-order valence-electron chi connectivity index (χ0n) is 17.4. The van der Waals surface area contributed by atoms with Gasteiger partial charge in [0.25, 0.3) is 0 Å². The Labute approximate surface area is 183 Å². The highest BCUT2D eigenvalue weighted by Gasteiger charge is 2.65. The molecule has 174 valence electrons. The summed E-state index contributed by atoms with van der Waals surface area (Å²) in [6.45, 7) is 0.787. The van der Waals surface area contributed by atoms with Crippen LogP contribution in [0.1, 0.15) is 50.0 Å². The molecule has 2 N–H and O–H groups in total. The van der Waals surface area contributed by atoms with Crippen LogP contribution >= 0.6 is 0 Å². The van der Waals surface area contributed by atoms with E-state index in [9.17, 15) is 26.4 Å². The van der Waals surface area contributed by atoms with Crippen LogP contribution in [0, 0.1) is 5.92 Å². The van der Waals surface area contributed by atoms with Gasteiger partial charge in [0.2, 0.25) is 15.9 Å². The Morgan fingerprint density at radius 3 is 2.53 bits per heavy atom. The number of halogens is 3. The van der Waals surface area contributed by atoms with Gasteiger partial charge in [-0.3, -0.25) is 4.79 Å². The molecule has 0 atom stereocenters. The lowest BCUT2D eigenvalue weighted by Crippen LogP contribution is -2.55. The first kappa shape index (κ1) is 21.7. The van der Waals surface area contributed by atoms with Gasteiger partial charge in [-0.05, 0) is 62.1 Å². The maximum Gasteiger partial charge on any atom is 0.411 e. The van der Waals surface area contributed by atoms with Gasteiger partial charge in [0.05, 0.1) is 5.25 Å². The maximum atomic E-state index is 13.0. The largest absolute Gasteiger partial charge is 0.411 e. The number of nitrogens with one attached hydrogen (secondary N) is 2. The molecule has 5 rings (SSSR count). The minimum absolute atomic E-state index is 0.0795. The van der Waals surface area contributed by atoms with Crippen molar-refractivity contribution in [3.05, 3.63) is 30.1 Å². The number of fused-ring (bicyclic) bond motifs is 1. The van der Waals surface area contributed by atoms with Crippen LogP contribution in [0.25, 0.3) is 11.0 Å². The van der Waals surface area contributed by atoms with Gasteiger partial charge < -0.3 is 10.3 Å². The van der Waals surface area contributed by atoms with Crippen LogP contribution in [-0.2, 0) is 14.8 Å². The lowest BCUT2D eigenvalue weighted by Gasteiger charge is -2.40. The zero-order chi connectivity index (χ0) is 22.7. The standard InChI is InChI=1S/C21H25F3N4O3S/c22-21(23,24)20(5-6-20)27-19(29)14-10-15(11-14)32(30,31)28-8-3-13(4-9-28)17-12-26-18-16(17)2-1-7-25-18/h1-2,7,12-15H,3-6,8-11H2,(H,25,26)(H,27,29). The van der Waals surface area contributed by atoms with E-state index in [4.69, 9.17) is 0 Å². The second kappa shape index (κ2) is 7.44. The van der Waals surface area contributed by atoms with E-state index in [2.05, 4.69) is 15.3 Å². The van der Waals surface area contributed by atoms with Crippen LogP contribution in [0.15, 0.2) is 24.5 Å². The quantitative estimate of drug-likeness (QED) is 0.702. The molecule has 1 aliphatic heterocycles. The van der Waals surface area contributed by atoms with Crippen LogP contribution in [0.4, 0.5) is 13.2 Å². The van der Waals surface area contributed by atoms with Crippen LogP contribution in [0.3, 0.4) is 0 Å². The second-order valence-corrected chi connectivity index (χ2v) is 11.4. The smallest absolute Gasteiger partial charge is 0.346 e. The number of carbonyl (C=O) groups excluding carboxylic acids is 1. The van der Waals surface area contributed by atoms with Crippen molar-refractivity contribution in [2.75, 3.05) is 13.1 Å². The minimum atomic E-state index is -4.47. The van der Waals surface area contributed by atoms with Gasteiger partial charge >= 0.3 is 6.18 Å². The van der Waals surface area contributed by atoms with Gasteiger partial charge in [-0.15, -0.1) is 0 Å². The van der Waals surface area contributed by atoms with Gasteiger partial charge in [0.15, 0.2) is 0 Å². The molecule has 3 aliphatic rings. The lowest BCUT2D eigenvalue weighted by atomic mass is 9.84. The van der Waals surface area contributed by atoms with Crippen molar-refractivity contribution in [1.82, 2.24) is 19.6 Å². The third-order valence-corrected chi connectivity index (χ3v) is 9.59. The van der Waals surface area contributed by atoms with Gasteiger partial charge in [0.1, 0.15) is 11.2 Å². The molecule has 0 radical (unpaired) electrons. The summed E-state index contributed by atoms with van der Waals surface area (Å²) in [7, 11) is -3.57. The van der Waals surface area contributed by atoms with Crippen molar-refractivity contribution < 1.29 is 26.4 Å². The highest BCUT2D eigenvalue weighted by Crippen LogP contribution is 2.49. The number of nitrogens with zero attached hydrogens (tertiary/aromatic N) is 2. The third-order valence-electron chi connectivity index (χ3n) is 7.28. The summed E-state index contributed by atoms with van der Waals surface area (Å²) in [5.74, 6) is -1.12. The summed E-state index contributed by atoms with van der Waals surface area (Å²) >= 11 is 0. The summed E-state index contributed by atoms with van der Waals surface area (Å²) in [5, 5.41) is 2.47. The number of piperidine rings is 1. The monoisotopic (exact) mass is 470 g/mol. The molecular weight excluding hydrogens is 445 g/mol. The fourth-order valence-electron chi connectivity index (χ4n) is 4.91. The third kappa shape index (κ3) is 3.59. The first-order valence-corrected chi connectivity index (χ1v) is 12.4. The van der Waals surface area contributed by atoms with E-state index in [0.717, 1.165) is 16.6 Å². The Balaban J connectivity index is 1.16. The predicted octanol–water partition coefficient (Wildman–Crippen LogP) is 3.06. The molecule has 3 heterocycles. The van der Waals surface area contributed by atoms with E-state index in [-0.39, 0.29) is 31.6 Å². The molecule has 1 saturated heterocycles. The number of alkyl halides is 3. The van der Waals surface area contributed by atoms with E-state index in [1.54, 1.807) is 6.20 Å². The molecule has 0 aromatic carbocycles. The molecular formula is C21H25F3N4O3S. The van der Waals surface area contributed by atoms with Gasteiger partial charge in [-0.1, -0.05) is 0 Å². The van der Waals surface area contributed by atoms with E-state index < -0.39 is 38.8 Å². The summed E-state index contributed by atoms with van der Waals surface area (Å²) in [4.78, 5) is 19.7. The maximum absolute atomic E-state index is 13.0. The predicted molar refractivity (Wildman–Crippen MR) is 111 cm³/mol. The number of carbonyl (C=O) groups is 1. The van der Waals surface area contributed by atoms with Crippen molar-refractivity contribution in [3.8, 4) is 0 Å². The first-order chi connectivity index (χ1) is 15.1. The number of sulfonamides is 1. The summed E-state index contributed by atoms with van der Waals surface area (Å²) in [5.41, 5.74) is -0.146. The van der Waals surface area contributed by atoms with Gasteiger partial charge in [-0.25, -0.2) is 17.7 Å². The average molecular weight is 471 g/mol. The van der Waals surface area contributed by atoms with Crippen LogP contribution < -0.4 is 5.32 Å². The normalized spacial score (nSPS) is 26.6. The Kier molecular flexibility index (Phi) is 5.05. The van der Waals surface area contributed by atoms with Crippen molar-refractivity contribution in [2.45, 2.75) is 61.4 Å². The van der Waals surface area contributed by atoms with Crippen molar-refractivity contribution in [1.29, 1.82) is 0 Å². The van der Waals surface area contributed by atoms with E-state index in [0.29, 0.717) is 25.9 Å². The molecule has 3 fully saturated rings. The number of H-pyrrole nitrogens is 1. The lowest BCUT2D eigenvalue weighted by molar-refractivity contribution is -0.172. The molecule has 32 heavy (non-hydrogen) atoms. The molecule has 1 amide bonds. The van der Waals surface area contributed by atoms with E-state index in [1.165, 1.54) is 4.31 Å². The molecule has 2 aromatic rings. The molecule has 2 aromatic heterocycles. The zero-order valence-corrected chi connectivity index (χ0v) is 18.2. The SMILES string of the molecule is O=C(NC1(C(F)(F)F)CC1)C1CC(S(=O)(=O)N2CCC(c3c[nH]c4ncccc34)CC2)C1. The topological polar surface area (TPSA) is 95.2 Å². The first-order valence-electron chi connectivity index (χ1n) is 10.9. The number of aromatic nitrogens is 2. The number of hydrogen-bond donors (Lipinski definition) is 2. The summed E-state index contributed by atoms with van der Waals surface area (Å²) < 4.78 is 66.6.